The number of benzene rings is 1. The Morgan fingerprint density at radius 2 is 1.81 bits per heavy atom. The average molecular weight is 367 g/mol. The van der Waals surface area contributed by atoms with Gasteiger partial charge in [-0.25, -0.2) is 0 Å². The molecule has 1 amide bonds. The lowest BCUT2D eigenvalue weighted by Gasteiger charge is -2.31. The molecule has 2 aromatic rings. The summed E-state index contributed by atoms with van der Waals surface area (Å²) in [6, 6.07) is 10.1. The van der Waals surface area contributed by atoms with Gasteiger partial charge in [-0.15, -0.1) is 0 Å². The monoisotopic (exact) mass is 366 g/mol. The fraction of sp³-hybridized carbons (Fsp3) is 0.545. The number of aromatic nitrogens is 2. The minimum absolute atomic E-state index is 0.137. The zero-order valence-electron chi connectivity index (χ0n) is 16.2. The third-order valence-corrected chi connectivity index (χ3v) is 6.28. The molecule has 27 heavy (non-hydrogen) atoms. The van der Waals surface area contributed by atoms with E-state index in [0.29, 0.717) is 5.92 Å². The van der Waals surface area contributed by atoms with Crippen LogP contribution in [-0.2, 0) is 24.7 Å². The predicted molar refractivity (Wildman–Crippen MR) is 107 cm³/mol. The van der Waals surface area contributed by atoms with Crippen LogP contribution in [0.5, 0.6) is 0 Å². The molecule has 0 unspecified atom stereocenters. The molecular weight excluding hydrogens is 336 g/mol. The number of nitrogens with zero attached hydrogens (tertiary/aromatic N) is 3. The molecule has 1 aromatic carbocycles. The first-order chi connectivity index (χ1) is 13.1. The van der Waals surface area contributed by atoms with Crippen LogP contribution in [0.25, 0.3) is 11.3 Å². The maximum atomic E-state index is 13.0. The minimum atomic E-state index is -0.338. The molecule has 5 heteroatoms. The second kappa shape index (κ2) is 7.85. The Labute approximate surface area is 161 Å². The van der Waals surface area contributed by atoms with Gasteiger partial charge in [-0.3, -0.25) is 9.48 Å². The predicted octanol–water partition coefficient (Wildman–Crippen LogP) is 2.92. The molecule has 0 spiro atoms. The highest BCUT2D eigenvalue weighted by Crippen LogP contribution is 2.30. The summed E-state index contributed by atoms with van der Waals surface area (Å²) in [4.78, 5) is 15.0. The third kappa shape index (κ3) is 3.65. The van der Waals surface area contributed by atoms with E-state index in [2.05, 4.69) is 24.3 Å². The maximum Gasteiger partial charge on any atom is 0.239 e. The molecule has 1 saturated carbocycles. The van der Waals surface area contributed by atoms with Gasteiger partial charge in [0, 0.05) is 37.7 Å². The maximum absolute atomic E-state index is 13.0. The highest BCUT2D eigenvalue weighted by atomic mass is 16.2. The lowest BCUT2D eigenvalue weighted by molar-refractivity contribution is -0.134. The summed E-state index contributed by atoms with van der Waals surface area (Å²) in [5.41, 5.74) is 11.2. The first-order valence-electron chi connectivity index (χ1n) is 10.3. The Bertz CT molecular complexity index is 792. The van der Waals surface area contributed by atoms with Crippen molar-refractivity contribution in [2.24, 2.45) is 18.7 Å². The van der Waals surface area contributed by atoms with E-state index in [9.17, 15) is 4.79 Å². The topological polar surface area (TPSA) is 64.2 Å². The lowest BCUT2D eigenvalue weighted by atomic mass is 9.83. The van der Waals surface area contributed by atoms with Gasteiger partial charge in [0.2, 0.25) is 5.91 Å². The number of carbonyl (C=O) groups excluding carboxylic acids is 1. The van der Waals surface area contributed by atoms with Crippen LogP contribution in [0.15, 0.2) is 30.3 Å². The fourth-order valence-electron chi connectivity index (χ4n) is 4.77. The van der Waals surface area contributed by atoms with Crippen molar-refractivity contribution in [2.75, 3.05) is 13.1 Å². The van der Waals surface area contributed by atoms with E-state index in [0.717, 1.165) is 44.5 Å². The quantitative estimate of drug-likeness (QED) is 0.908. The molecule has 1 aromatic heterocycles. The molecule has 1 aliphatic carbocycles. The fourth-order valence-corrected chi connectivity index (χ4v) is 4.77. The number of amides is 1. The first kappa shape index (κ1) is 18.2. The van der Waals surface area contributed by atoms with E-state index < -0.39 is 0 Å². The molecule has 1 aliphatic heterocycles. The van der Waals surface area contributed by atoms with Gasteiger partial charge < -0.3 is 10.6 Å². The van der Waals surface area contributed by atoms with Gasteiger partial charge >= 0.3 is 0 Å². The number of hydrogen-bond donors (Lipinski definition) is 1. The van der Waals surface area contributed by atoms with Gasteiger partial charge in [-0.05, 0) is 25.2 Å². The Balaban J connectivity index is 1.50. The van der Waals surface area contributed by atoms with Crippen molar-refractivity contribution >= 4 is 5.91 Å². The zero-order chi connectivity index (χ0) is 18.8. The summed E-state index contributed by atoms with van der Waals surface area (Å²) in [7, 11) is 2.01. The summed E-state index contributed by atoms with van der Waals surface area (Å²) < 4.78 is 1.99. The van der Waals surface area contributed by atoms with Crippen molar-refractivity contribution in [3.63, 3.8) is 0 Å². The normalized spacial score (nSPS) is 19.4. The van der Waals surface area contributed by atoms with Gasteiger partial charge in [0.05, 0.1) is 17.4 Å². The summed E-state index contributed by atoms with van der Waals surface area (Å²) in [6.45, 7) is 1.45. The van der Waals surface area contributed by atoms with Crippen molar-refractivity contribution in [2.45, 2.75) is 51.0 Å². The number of hydrogen-bond acceptors (Lipinski definition) is 3. The largest absolute Gasteiger partial charge is 0.341 e. The van der Waals surface area contributed by atoms with Crippen LogP contribution < -0.4 is 5.73 Å². The average Bonchev–Trinajstić information content (AvgIpc) is 2.89. The van der Waals surface area contributed by atoms with E-state index in [1.807, 2.05) is 22.7 Å². The van der Waals surface area contributed by atoms with Crippen molar-refractivity contribution in [3.05, 3.63) is 41.6 Å². The minimum Gasteiger partial charge on any atom is -0.341 e. The molecule has 4 rings (SSSR count). The summed E-state index contributed by atoms with van der Waals surface area (Å²) in [6.07, 6.45) is 7.55. The Morgan fingerprint density at radius 3 is 2.56 bits per heavy atom. The Hall–Kier alpha value is -2.14. The van der Waals surface area contributed by atoms with E-state index in [4.69, 9.17) is 10.8 Å². The van der Waals surface area contributed by atoms with Crippen LogP contribution in [0.4, 0.5) is 0 Å². The zero-order valence-corrected chi connectivity index (χ0v) is 16.2. The standard InChI is InChI=1S/C22H30N4O/c1-25-21(17-10-6-3-7-11-17)18-12-14-26(15-13-19(18)24-25)22(27)20(23)16-8-4-2-5-9-16/h3,6-7,10-11,16,20H,2,4-5,8-9,12-15,23H2,1H3/t20-/m0/s1. The molecule has 5 nitrogen and oxygen atoms in total. The Morgan fingerprint density at radius 1 is 1.11 bits per heavy atom. The Kier molecular flexibility index (Phi) is 5.30. The van der Waals surface area contributed by atoms with Gasteiger partial charge in [-0.2, -0.15) is 5.10 Å². The van der Waals surface area contributed by atoms with Gasteiger partial charge in [0.25, 0.3) is 0 Å². The molecular formula is C22H30N4O. The van der Waals surface area contributed by atoms with Crippen molar-refractivity contribution in [1.29, 1.82) is 0 Å². The molecule has 0 radical (unpaired) electrons. The number of rotatable bonds is 3. The number of aryl methyl sites for hydroxylation is 1. The van der Waals surface area contributed by atoms with Crippen molar-refractivity contribution in [1.82, 2.24) is 14.7 Å². The second-order valence-corrected chi connectivity index (χ2v) is 8.01. The van der Waals surface area contributed by atoms with Crippen LogP contribution in [-0.4, -0.2) is 39.7 Å². The summed E-state index contributed by atoms with van der Waals surface area (Å²) in [5, 5.41) is 4.76. The first-order valence-corrected chi connectivity index (χ1v) is 10.3. The van der Waals surface area contributed by atoms with E-state index in [-0.39, 0.29) is 11.9 Å². The summed E-state index contributed by atoms with van der Waals surface area (Å²) in [5.74, 6) is 0.495. The number of carbonyl (C=O) groups is 1. The molecule has 0 bridgehead atoms. The van der Waals surface area contributed by atoms with E-state index >= 15 is 0 Å². The third-order valence-electron chi connectivity index (χ3n) is 6.28. The molecule has 1 atom stereocenters. The smallest absolute Gasteiger partial charge is 0.239 e. The van der Waals surface area contributed by atoms with Gasteiger partial charge in [-0.1, -0.05) is 49.6 Å². The highest BCUT2D eigenvalue weighted by molar-refractivity contribution is 5.82. The van der Waals surface area contributed by atoms with Gasteiger partial charge in [0.15, 0.2) is 0 Å². The molecule has 2 aliphatic rings. The number of nitrogens with two attached hydrogens (primary N) is 1. The van der Waals surface area contributed by atoms with Crippen LogP contribution in [0, 0.1) is 5.92 Å². The van der Waals surface area contributed by atoms with Crippen molar-refractivity contribution in [3.8, 4) is 11.3 Å². The molecule has 144 valence electrons. The van der Waals surface area contributed by atoms with Crippen LogP contribution in [0.1, 0.15) is 43.4 Å². The van der Waals surface area contributed by atoms with E-state index in [1.54, 1.807) is 0 Å². The summed E-state index contributed by atoms with van der Waals surface area (Å²) >= 11 is 0. The molecule has 0 saturated heterocycles. The molecule has 2 heterocycles. The van der Waals surface area contributed by atoms with Crippen LogP contribution in [0.3, 0.4) is 0 Å². The lowest BCUT2D eigenvalue weighted by Crippen LogP contribution is -2.49. The van der Waals surface area contributed by atoms with Gasteiger partial charge in [0.1, 0.15) is 0 Å². The molecule has 2 N–H and O–H groups in total. The molecule has 1 fully saturated rings. The van der Waals surface area contributed by atoms with Crippen LogP contribution in [0.2, 0.25) is 0 Å². The highest BCUT2D eigenvalue weighted by Gasteiger charge is 2.31. The SMILES string of the molecule is Cn1nc2c(c1-c1ccccc1)CCN(C(=O)[C@@H](N)C1CCCCC1)CC2. The van der Waals surface area contributed by atoms with Crippen LogP contribution >= 0.6 is 0 Å². The van der Waals surface area contributed by atoms with Crippen molar-refractivity contribution < 1.29 is 4.79 Å². The number of fused-ring (bicyclic) bond motifs is 1. The van der Waals surface area contributed by atoms with E-state index in [1.165, 1.54) is 36.1 Å². The second-order valence-electron chi connectivity index (χ2n) is 8.01.